The van der Waals surface area contributed by atoms with Gasteiger partial charge >= 0.3 is 0 Å². The maximum Gasteiger partial charge on any atom is 0.230 e. The van der Waals surface area contributed by atoms with Gasteiger partial charge in [0.05, 0.1) is 17.9 Å². The van der Waals surface area contributed by atoms with Crippen LogP contribution in [-0.2, 0) is 18.3 Å². The summed E-state index contributed by atoms with van der Waals surface area (Å²) in [5, 5.41) is 5.04. The quantitative estimate of drug-likeness (QED) is 0.856. The number of aromatic nitrogens is 2. The summed E-state index contributed by atoms with van der Waals surface area (Å²) in [6, 6.07) is 5.39. The first-order valence-electron chi connectivity index (χ1n) is 8.11. The smallest absolute Gasteiger partial charge is 0.230 e. The van der Waals surface area contributed by atoms with Crippen LogP contribution in [-0.4, -0.2) is 28.8 Å². The van der Waals surface area contributed by atoms with E-state index in [0.717, 1.165) is 22.6 Å². The monoisotopic (exact) mass is 347 g/mol. The average molecular weight is 348 g/mol. The van der Waals surface area contributed by atoms with Crippen LogP contribution in [0.2, 0.25) is 5.02 Å². The minimum absolute atomic E-state index is 0.0875. The molecule has 2 aromatic rings. The molecule has 0 aliphatic carbocycles. The largest absolute Gasteiger partial charge is 0.490 e. The third kappa shape index (κ3) is 3.00. The van der Waals surface area contributed by atoms with Crippen molar-refractivity contribution < 1.29 is 9.53 Å². The zero-order valence-electron chi connectivity index (χ0n) is 14.5. The standard InChI is InChI=1S/C18H22ClN3O2/c1-11(9-15-12(2)20-21(4)13(15)3)18(23)22-7-8-24-17-6-5-14(19)10-16(17)22/h5-6,10-11H,7-9H2,1-4H3. The highest BCUT2D eigenvalue weighted by molar-refractivity contribution is 6.31. The molecule has 1 atom stereocenters. The number of fused-ring (bicyclic) bond motifs is 1. The molecule has 0 saturated heterocycles. The molecule has 0 saturated carbocycles. The topological polar surface area (TPSA) is 47.4 Å². The number of hydrogen-bond acceptors (Lipinski definition) is 3. The van der Waals surface area contributed by atoms with Gasteiger partial charge in [0.15, 0.2) is 0 Å². The summed E-state index contributed by atoms with van der Waals surface area (Å²) in [5.74, 6) is 0.654. The molecule has 0 spiro atoms. The molecule has 0 radical (unpaired) electrons. The third-order valence-electron chi connectivity index (χ3n) is 4.64. The van der Waals surface area contributed by atoms with Crippen LogP contribution in [0.15, 0.2) is 18.2 Å². The maximum absolute atomic E-state index is 13.0. The molecule has 1 amide bonds. The lowest BCUT2D eigenvalue weighted by atomic mass is 9.98. The molecule has 1 aliphatic heterocycles. The second kappa shape index (κ2) is 6.48. The van der Waals surface area contributed by atoms with Crippen molar-refractivity contribution in [3.05, 3.63) is 40.2 Å². The van der Waals surface area contributed by atoms with Gasteiger partial charge in [0.1, 0.15) is 12.4 Å². The first-order valence-corrected chi connectivity index (χ1v) is 8.49. The van der Waals surface area contributed by atoms with Crippen molar-refractivity contribution in [2.75, 3.05) is 18.1 Å². The van der Waals surface area contributed by atoms with E-state index in [1.54, 1.807) is 17.0 Å². The molecule has 5 nitrogen and oxygen atoms in total. The lowest BCUT2D eigenvalue weighted by molar-refractivity contribution is -0.122. The fourth-order valence-corrected chi connectivity index (χ4v) is 3.36. The maximum atomic E-state index is 13.0. The Bertz CT molecular complexity index is 785. The van der Waals surface area contributed by atoms with E-state index in [4.69, 9.17) is 16.3 Å². The summed E-state index contributed by atoms with van der Waals surface area (Å²) in [4.78, 5) is 14.8. The molecule has 0 fully saturated rings. The minimum atomic E-state index is -0.142. The van der Waals surface area contributed by atoms with E-state index < -0.39 is 0 Å². The molecule has 128 valence electrons. The van der Waals surface area contributed by atoms with Gasteiger partial charge in [-0.3, -0.25) is 9.48 Å². The molecule has 2 heterocycles. The molecule has 6 heteroatoms. The highest BCUT2D eigenvalue weighted by atomic mass is 35.5. The number of rotatable bonds is 3. The Hall–Kier alpha value is -2.01. The van der Waals surface area contributed by atoms with Crippen molar-refractivity contribution >= 4 is 23.2 Å². The van der Waals surface area contributed by atoms with Gasteiger partial charge in [-0.2, -0.15) is 5.10 Å². The Morgan fingerprint density at radius 2 is 2.17 bits per heavy atom. The van der Waals surface area contributed by atoms with E-state index >= 15 is 0 Å². The second-order valence-corrected chi connectivity index (χ2v) is 6.76. The number of amides is 1. The van der Waals surface area contributed by atoms with Crippen molar-refractivity contribution in [2.24, 2.45) is 13.0 Å². The first kappa shape index (κ1) is 16.8. The summed E-state index contributed by atoms with van der Waals surface area (Å²) in [6.45, 7) is 7.03. The van der Waals surface area contributed by atoms with Gasteiger partial charge in [-0.15, -0.1) is 0 Å². The Balaban J connectivity index is 1.83. The summed E-state index contributed by atoms with van der Waals surface area (Å²) in [7, 11) is 1.93. The molecule has 1 aromatic carbocycles. The number of anilines is 1. The first-order chi connectivity index (χ1) is 11.4. The number of hydrogen-bond donors (Lipinski definition) is 0. The second-order valence-electron chi connectivity index (χ2n) is 6.33. The summed E-state index contributed by atoms with van der Waals surface area (Å²) in [5.41, 5.74) is 4.00. The van der Waals surface area contributed by atoms with Crippen LogP contribution in [0.25, 0.3) is 0 Å². The van der Waals surface area contributed by atoms with Gasteiger partial charge in [-0.1, -0.05) is 18.5 Å². The van der Waals surface area contributed by atoms with Crippen molar-refractivity contribution in [1.29, 1.82) is 0 Å². The van der Waals surface area contributed by atoms with Crippen LogP contribution < -0.4 is 9.64 Å². The average Bonchev–Trinajstić information content (AvgIpc) is 2.79. The van der Waals surface area contributed by atoms with Crippen LogP contribution in [0.4, 0.5) is 5.69 Å². The van der Waals surface area contributed by atoms with Gasteiger partial charge < -0.3 is 9.64 Å². The van der Waals surface area contributed by atoms with Gasteiger partial charge in [-0.25, -0.2) is 0 Å². The molecule has 0 N–H and O–H groups in total. The zero-order chi connectivity index (χ0) is 17.4. The van der Waals surface area contributed by atoms with Crippen LogP contribution in [0, 0.1) is 19.8 Å². The molecule has 1 aromatic heterocycles. The van der Waals surface area contributed by atoms with Crippen molar-refractivity contribution in [1.82, 2.24) is 9.78 Å². The molecular weight excluding hydrogens is 326 g/mol. The normalized spacial score (nSPS) is 15.0. The number of benzene rings is 1. The van der Waals surface area contributed by atoms with E-state index in [1.165, 1.54) is 0 Å². The van der Waals surface area contributed by atoms with Crippen LogP contribution in [0.1, 0.15) is 23.9 Å². The Kier molecular flexibility index (Phi) is 4.54. The number of ether oxygens (including phenoxy) is 1. The Morgan fingerprint density at radius 1 is 1.42 bits per heavy atom. The molecular formula is C18H22ClN3O2. The minimum Gasteiger partial charge on any atom is -0.490 e. The van der Waals surface area contributed by atoms with Crippen molar-refractivity contribution in [3.8, 4) is 5.75 Å². The summed E-state index contributed by atoms with van der Waals surface area (Å²) < 4.78 is 7.50. The third-order valence-corrected chi connectivity index (χ3v) is 4.88. The molecule has 1 aliphatic rings. The lowest BCUT2D eigenvalue weighted by Crippen LogP contribution is -2.41. The fraction of sp³-hybridized carbons (Fsp3) is 0.444. The number of nitrogens with zero attached hydrogens (tertiary/aromatic N) is 3. The van der Waals surface area contributed by atoms with E-state index in [9.17, 15) is 4.79 Å². The molecule has 1 unspecified atom stereocenters. The lowest BCUT2D eigenvalue weighted by Gasteiger charge is -2.31. The van der Waals surface area contributed by atoms with Gasteiger partial charge in [-0.05, 0) is 44.0 Å². The number of aryl methyl sites for hydroxylation is 2. The van der Waals surface area contributed by atoms with Crippen LogP contribution in [0.3, 0.4) is 0 Å². The van der Waals surface area contributed by atoms with Gasteiger partial charge in [0.2, 0.25) is 5.91 Å². The number of carbonyl (C=O) groups excluding carboxylic acids is 1. The zero-order valence-corrected chi connectivity index (χ0v) is 15.2. The molecule has 24 heavy (non-hydrogen) atoms. The van der Waals surface area contributed by atoms with Crippen LogP contribution in [0.5, 0.6) is 5.75 Å². The summed E-state index contributed by atoms with van der Waals surface area (Å²) >= 11 is 6.10. The van der Waals surface area contributed by atoms with E-state index in [-0.39, 0.29) is 11.8 Å². The van der Waals surface area contributed by atoms with E-state index in [2.05, 4.69) is 5.10 Å². The predicted molar refractivity (Wildman–Crippen MR) is 94.9 cm³/mol. The SMILES string of the molecule is Cc1nn(C)c(C)c1CC(C)C(=O)N1CCOc2ccc(Cl)cc21. The van der Waals surface area contributed by atoms with Crippen LogP contribution >= 0.6 is 11.6 Å². The van der Waals surface area contributed by atoms with E-state index in [1.807, 2.05) is 38.6 Å². The highest BCUT2D eigenvalue weighted by Crippen LogP contribution is 2.35. The summed E-state index contributed by atoms with van der Waals surface area (Å²) in [6.07, 6.45) is 0.678. The Morgan fingerprint density at radius 3 is 2.83 bits per heavy atom. The predicted octanol–water partition coefficient (Wildman–Crippen LogP) is 3.29. The van der Waals surface area contributed by atoms with Crippen molar-refractivity contribution in [3.63, 3.8) is 0 Å². The van der Waals surface area contributed by atoms with E-state index in [0.29, 0.717) is 30.3 Å². The van der Waals surface area contributed by atoms with Crippen molar-refractivity contribution in [2.45, 2.75) is 27.2 Å². The molecule has 3 rings (SSSR count). The Labute approximate surface area is 147 Å². The number of halogens is 1. The molecule has 0 bridgehead atoms. The number of carbonyl (C=O) groups is 1. The fourth-order valence-electron chi connectivity index (χ4n) is 3.19. The van der Waals surface area contributed by atoms with Gasteiger partial charge in [0.25, 0.3) is 0 Å². The highest BCUT2D eigenvalue weighted by Gasteiger charge is 2.28. The van der Waals surface area contributed by atoms with Gasteiger partial charge in [0, 0.05) is 23.7 Å².